The predicted molar refractivity (Wildman–Crippen MR) is 67.1 cm³/mol. The third-order valence-electron chi connectivity index (χ3n) is 3.64. The van der Waals surface area contributed by atoms with E-state index in [4.69, 9.17) is 17.3 Å². The van der Waals surface area contributed by atoms with Gasteiger partial charge in [0.2, 0.25) is 0 Å². The molecule has 1 aromatic rings. The van der Waals surface area contributed by atoms with E-state index in [1.165, 1.54) is 0 Å². The molecule has 0 aliphatic heterocycles. The maximum Gasteiger partial charge on any atom is 0.416 e. The molecule has 0 aromatic heterocycles. The molecular formula is C13H15ClF3NO. The molecule has 1 aliphatic rings. The lowest BCUT2D eigenvalue weighted by Crippen LogP contribution is -2.39. The highest BCUT2D eigenvalue weighted by atomic mass is 35.5. The van der Waals surface area contributed by atoms with Crippen molar-refractivity contribution in [1.29, 1.82) is 0 Å². The quantitative estimate of drug-likeness (QED) is 0.816. The zero-order valence-corrected chi connectivity index (χ0v) is 11.0. The third-order valence-corrected chi connectivity index (χ3v) is 3.94. The summed E-state index contributed by atoms with van der Waals surface area (Å²) in [6.45, 7) is 0. The summed E-state index contributed by atoms with van der Waals surface area (Å²) in [4.78, 5) is 0. The topological polar surface area (TPSA) is 46.2 Å². The minimum atomic E-state index is -4.53. The van der Waals surface area contributed by atoms with Crippen molar-refractivity contribution in [2.45, 2.75) is 43.8 Å². The highest BCUT2D eigenvalue weighted by Gasteiger charge is 2.37. The number of phenolic OH excluding ortho intramolecular Hbond substituents is 1. The molecule has 0 saturated heterocycles. The SMILES string of the molecule is NC1(c2c(O)cc(C(F)(F)F)cc2Cl)CCCCC1. The first-order chi connectivity index (χ1) is 8.74. The number of aromatic hydroxyl groups is 1. The van der Waals surface area contributed by atoms with E-state index in [0.29, 0.717) is 18.9 Å². The number of benzene rings is 1. The van der Waals surface area contributed by atoms with Crippen LogP contribution in [0.25, 0.3) is 0 Å². The van der Waals surface area contributed by atoms with Crippen LogP contribution in [0.15, 0.2) is 12.1 Å². The van der Waals surface area contributed by atoms with Crippen molar-refractivity contribution < 1.29 is 18.3 Å². The normalized spacial score (nSPS) is 19.4. The summed E-state index contributed by atoms with van der Waals surface area (Å²) < 4.78 is 37.8. The van der Waals surface area contributed by atoms with Gasteiger partial charge in [-0.2, -0.15) is 13.2 Å². The molecule has 0 spiro atoms. The fraction of sp³-hybridized carbons (Fsp3) is 0.538. The van der Waals surface area contributed by atoms with E-state index in [2.05, 4.69) is 0 Å². The number of hydrogen-bond donors (Lipinski definition) is 2. The van der Waals surface area contributed by atoms with Crippen molar-refractivity contribution in [3.63, 3.8) is 0 Å². The fourth-order valence-electron chi connectivity index (χ4n) is 2.68. The van der Waals surface area contributed by atoms with Crippen LogP contribution < -0.4 is 5.73 Å². The van der Waals surface area contributed by atoms with Crippen molar-refractivity contribution in [3.8, 4) is 5.75 Å². The largest absolute Gasteiger partial charge is 0.508 e. The number of hydrogen-bond acceptors (Lipinski definition) is 2. The number of rotatable bonds is 1. The molecule has 0 atom stereocenters. The van der Waals surface area contributed by atoms with Gasteiger partial charge in [-0.1, -0.05) is 30.9 Å². The van der Waals surface area contributed by atoms with E-state index in [9.17, 15) is 18.3 Å². The molecule has 1 aliphatic carbocycles. The Balaban J connectivity index is 2.47. The molecule has 0 radical (unpaired) electrons. The molecule has 0 heterocycles. The van der Waals surface area contributed by atoms with Crippen molar-refractivity contribution in [2.75, 3.05) is 0 Å². The van der Waals surface area contributed by atoms with Crippen molar-refractivity contribution in [1.82, 2.24) is 0 Å². The van der Waals surface area contributed by atoms with Crippen LogP contribution in [-0.2, 0) is 11.7 Å². The molecule has 2 rings (SSSR count). The number of halogens is 4. The van der Waals surface area contributed by atoms with E-state index in [-0.39, 0.29) is 10.6 Å². The Labute approximate surface area is 114 Å². The second-order valence-electron chi connectivity index (χ2n) is 5.07. The zero-order chi connectivity index (χ0) is 14.3. The molecule has 1 saturated carbocycles. The summed E-state index contributed by atoms with van der Waals surface area (Å²) in [6, 6.07) is 1.53. The summed E-state index contributed by atoms with van der Waals surface area (Å²) in [7, 11) is 0. The Kier molecular flexibility index (Phi) is 3.71. The standard InChI is InChI=1S/C13H15ClF3NO/c14-9-6-8(13(15,16)17)7-10(19)11(9)12(18)4-2-1-3-5-12/h6-7,19H,1-5,18H2. The second-order valence-corrected chi connectivity index (χ2v) is 5.47. The van der Waals surface area contributed by atoms with Gasteiger partial charge in [0.25, 0.3) is 0 Å². The average molecular weight is 294 g/mol. The van der Waals surface area contributed by atoms with E-state index < -0.39 is 23.0 Å². The first-order valence-corrected chi connectivity index (χ1v) is 6.51. The minimum absolute atomic E-state index is 0.114. The molecule has 0 unspecified atom stereocenters. The van der Waals surface area contributed by atoms with Gasteiger partial charge in [-0.3, -0.25) is 0 Å². The van der Waals surface area contributed by atoms with E-state index in [1.54, 1.807) is 0 Å². The molecule has 6 heteroatoms. The maximum absolute atomic E-state index is 12.6. The Hall–Kier alpha value is -0.940. The molecule has 106 valence electrons. The summed E-state index contributed by atoms with van der Waals surface area (Å²) in [6.07, 6.45) is -0.496. The molecule has 1 aromatic carbocycles. The van der Waals surface area contributed by atoms with Gasteiger partial charge >= 0.3 is 6.18 Å². The molecule has 3 N–H and O–H groups in total. The van der Waals surface area contributed by atoms with Crippen LogP contribution >= 0.6 is 11.6 Å². The van der Waals surface area contributed by atoms with Crippen LogP contribution in [0.2, 0.25) is 5.02 Å². The average Bonchev–Trinajstić information content (AvgIpc) is 2.27. The lowest BCUT2D eigenvalue weighted by atomic mass is 9.77. The van der Waals surface area contributed by atoms with E-state index in [1.807, 2.05) is 0 Å². The molecule has 19 heavy (non-hydrogen) atoms. The first kappa shape index (κ1) is 14.5. The highest BCUT2D eigenvalue weighted by Crippen LogP contribution is 2.45. The third kappa shape index (κ3) is 2.82. The van der Waals surface area contributed by atoms with Gasteiger partial charge in [-0.05, 0) is 25.0 Å². The Morgan fingerprint density at radius 3 is 2.21 bits per heavy atom. The molecule has 1 fully saturated rings. The monoisotopic (exact) mass is 293 g/mol. The summed E-state index contributed by atoms with van der Waals surface area (Å²) in [5.41, 5.74) is 4.66. The van der Waals surface area contributed by atoms with Crippen LogP contribution in [0.3, 0.4) is 0 Å². The maximum atomic E-state index is 12.6. The lowest BCUT2D eigenvalue weighted by molar-refractivity contribution is -0.137. The van der Waals surface area contributed by atoms with Crippen LogP contribution in [0.1, 0.15) is 43.2 Å². The van der Waals surface area contributed by atoms with Crippen LogP contribution in [0, 0.1) is 0 Å². The van der Waals surface area contributed by atoms with Crippen LogP contribution in [0.5, 0.6) is 5.75 Å². The summed E-state index contributed by atoms with van der Waals surface area (Å²) >= 11 is 5.92. The first-order valence-electron chi connectivity index (χ1n) is 6.13. The van der Waals surface area contributed by atoms with Gasteiger partial charge in [-0.15, -0.1) is 0 Å². The fourth-order valence-corrected chi connectivity index (χ4v) is 3.08. The van der Waals surface area contributed by atoms with Gasteiger partial charge in [-0.25, -0.2) is 0 Å². The molecule has 0 bridgehead atoms. The number of nitrogens with two attached hydrogens (primary N) is 1. The van der Waals surface area contributed by atoms with Gasteiger partial charge in [0.15, 0.2) is 0 Å². The van der Waals surface area contributed by atoms with E-state index >= 15 is 0 Å². The summed E-state index contributed by atoms with van der Waals surface area (Å²) in [5, 5.41) is 9.77. The van der Waals surface area contributed by atoms with Crippen molar-refractivity contribution in [2.24, 2.45) is 5.73 Å². The predicted octanol–water partition coefficient (Wildman–Crippen LogP) is 4.18. The number of alkyl halides is 3. The van der Waals surface area contributed by atoms with Crippen LogP contribution in [0.4, 0.5) is 13.2 Å². The van der Waals surface area contributed by atoms with Gasteiger partial charge < -0.3 is 10.8 Å². The van der Waals surface area contributed by atoms with Gasteiger partial charge in [0.1, 0.15) is 5.75 Å². The molecular weight excluding hydrogens is 279 g/mol. The Morgan fingerprint density at radius 2 is 1.74 bits per heavy atom. The lowest BCUT2D eigenvalue weighted by Gasteiger charge is -2.35. The molecule has 2 nitrogen and oxygen atoms in total. The zero-order valence-electron chi connectivity index (χ0n) is 10.2. The Bertz CT molecular complexity index is 458. The smallest absolute Gasteiger partial charge is 0.416 e. The van der Waals surface area contributed by atoms with E-state index in [0.717, 1.165) is 25.3 Å². The van der Waals surface area contributed by atoms with Crippen LogP contribution in [-0.4, -0.2) is 5.11 Å². The minimum Gasteiger partial charge on any atom is -0.508 e. The summed E-state index contributed by atoms with van der Waals surface area (Å²) in [5.74, 6) is -0.468. The Morgan fingerprint density at radius 1 is 1.16 bits per heavy atom. The second kappa shape index (κ2) is 4.87. The van der Waals surface area contributed by atoms with Crippen molar-refractivity contribution >= 4 is 11.6 Å². The number of phenols is 1. The highest BCUT2D eigenvalue weighted by molar-refractivity contribution is 6.31. The van der Waals surface area contributed by atoms with Gasteiger partial charge in [0, 0.05) is 16.1 Å². The van der Waals surface area contributed by atoms with Gasteiger partial charge in [0.05, 0.1) is 5.56 Å². The van der Waals surface area contributed by atoms with Crippen molar-refractivity contribution in [3.05, 3.63) is 28.3 Å². The molecule has 0 amide bonds.